The van der Waals surface area contributed by atoms with Crippen molar-refractivity contribution in [2.24, 2.45) is 5.73 Å². The van der Waals surface area contributed by atoms with Crippen LogP contribution in [0.3, 0.4) is 0 Å². The van der Waals surface area contributed by atoms with Gasteiger partial charge in [0.2, 0.25) is 5.91 Å². The summed E-state index contributed by atoms with van der Waals surface area (Å²) in [6.45, 7) is 3.66. The van der Waals surface area contributed by atoms with Gasteiger partial charge in [-0.25, -0.2) is 4.98 Å². The number of pyridine rings is 1. The minimum absolute atomic E-state index is 0.0330. The van der Waals surface area contributed by atoms with E-state index in [-0.39, 0.29) is 23.6 Å². The molecule has 8 nitrogen and oxygen atoms in total. The van der Waals surface area contributed by atoms with Crippen LogP contribution in [0.5, 0.6) is 5.75 Å². The topological polar surface area (TPSA) is 95.8 Å². The molecule has 0 atom stereocenters. The highest BCUT2D eigenvalue weighted by molar-refractivity contribution is 5.94. The van der Waals surface area contributed by atoms with E-state index in [2.05, 4.69) is 32.5 Å². The number of anilines is 4. The predicted molar refractivity (Wildman–Crippen MR) is 138 cm³/mol. The quantitative estimate of drug-likeness (QED) is 0.412. The minimum atomic E-state index is -4.63. The third kappa shape index (κ3) is 6.23. The summed E-state index contributed by atoms with van der Waals surface area (Å²) in [5.74, 6) is 0.0880. The van der Waals surface area contributed by atoms with E-state index >= 15 is 0 Å². The molecule has 1 fully saturated rings. The zero-order chi connectivity index (χ0) is 26.6. The van der Waals surface area contributed by atoms with Crippen molar-refractivity contribution in [3.05, 3.63) is 71.4 Å². The summed E-state index contributed by atoms with van der Waals surface area (Å²) in [5.41, 5.74) is 6.59. The van der Waals surface area contributed by atoms with Gasteiger partial charge < -0.3 is 30.9 Å². The number of hydrogen-bond donors (Lipinski definition) is 3. The summed E-state index contributed by atoms with van der Waals surface area (Å²) in [6.07, 6.45) is -3.85. The van der Waals surface area contributed by atoms with Crippen LogP contribution < -0.4 is 26.0 Å². The molecule has 1 amide bonds. The number of nitrogens with one attached hydrogen (secondary N) is 2. The Balaban J connectivity index is 1.58. The molecular weight excluding hydrogens is 485 g/mol. The molecule has 11 heteroatoms. The second-order valence-corrected chi connectivity index (χ2v) is 8.79. The van der Waals surface area contributed by atoms with Crippen molar-refractivity contribution in [3.63, 3.8) is 0 Å². The number of likely N-dealkylation sites (N-methyl/N-ethyl adjacent to an activating group) is 1. The third-order valence-corrected chi connectivity index (χ3v) is 6.28. The predicted octanol–water partition coefficient (Wildman–Crippen LogP) is 4.32. The maximum atomic E-state index is 13.7. The average molecular weight is 515 g/mol. The second kappa shape index (κ2) is 11.0. The highest BCUT2D eigenvalue weighted by Gasteiger charge is 2.34. The standard InChI is InChI=1S/C26H29F3N6O2/c1-34-9-11-35(12-10-34)18-7-8-21(23(13-18)37-2)33-24-14-22(20(16-32-24)26(27,28)29)31-15-17-5-3-4-6-19(17)25(30)36/h3-8,13-14,16H,9-12,15H2,1-2H3,(H2,30,36)(H2,31,32,33). The molecule has 0 bridgehead atoms. The first-order valence-corrected chi connectivity index (χ1v) is 11.7. The van der Waals surface area contributed by atoms with Crippen molar-refractivity contribution in [1.29, 1.82) is 0 Å². The summed E-state index contributed by atoms with van der Waals surface area (Å²) in [6, 6.07) is 13.4. The van der Waals surface area contributed by atoms with Crippen LogP contribution in [-0.4, -0.2) is 56.1 Å². The lowest BCUT2D eigenvalue weighted by atomic mass is 10.1. The summed E-state index contributed by atoms with van der Waals surface area (Å²) < 4.78 is 46.7. The molecule has 4 rings (SSSR count). The fourth-order valence-corrected chi connectivity index (χ4v) is 4.18. The average Bonchev–Trinajstić information content (AvgIpc) is 2.87. The van der Waals surface area contributed by atoms with Gasteiger partial charge in [0.15, 0.2) is 0 Å². The Morgan fingerprint density at radius 1 is 1.08 bits per heavy atom. The first kappa shape index (κ1) is 26.1. The number of nitrogens with zero attached hydrogens (tertiary/aromatic N) is 3. The van der Waals surface area contributed by atoms with Gasteiger partial charge in [-0.3, -0.25) is 4.79 Å². The van der Waals surface area contributed by atoms with Gasteiger partial charge >= 0.3 is 6.18 Å². The number of hydrogen-bond acceptors (Lipinski definition) is 7. The van der Waals surface area contributed by atoms with Gasteiger partial charge in [0.25, 0.3) is 0 Å². The van der Waals surface area contributed by atoms with Crippen LogP contribution in [-0.2, 0) is 12.7 Å². The largest absolute Gasteiger partial charge is 0.494 e. The van der Waals surface area contributed by atoms with Crippen LogP contribution in [0.2, 0.25) is 0 Å². The number of nitrogens with two attached hydrogens (primary N) is 1. The third-order valence-electron chi connectivity index (χ3n) is 6.28. The number of amides is 1. The summed E-state index contributed by atoms with van der Waals surface area (Å²) in [7, 11) is 3.62. The van der Waals surface area contributed by atoms with E-state index < -0.39 is 17.6 Å². The van der Waals surface area contributed by atoms with Gasteiger partial charge in [-0.2, -0.15) is 13.2 Å². The Morgan fingerprint density at radius 3 is 2.49 bits per heavy atom. The lowest BCUT2D eigenvalue weighted by Gasteiger charge is -2.34. The SMILES string of the molecule is COc1cc(N2CCN(C)CC2)ccc1Nc1cc(NCc2ccccc2C(N)=O)c(C(F)(F)F)cn1. The highest BCUT2D eigenvalue weighted by Crippen LogP contribution is 2.37. The molecule has 1 aliphatic rings. The Hall–Kier alpha value is -3.99. The molecule has 0 saturated carbocycles. The van der Waals surface area contributed by atoms with Crippen LogP contribution in [0.25, 0.3) is 0 Å². The lowest BCUT2D eigenvalue weighted by Crippen LogP contribution is -2.44. The van der Waals surface area contributed by atoms with Gasteiger partial charge in [-0.15, -0.1) is 0 Å². The van der Waals surface area contributed by atoms with E-state index in [1.807, 2.05) is 18.2 Å². The summed E-state index contributed by atoms with van der Waals surface area (Å²) in [5, 5.41) is 5.86. The maximum Gasteiger partial charge on any atom is 0.419 e. The molecule has 2 heterocycles. The molecule has 1 aromatic heterocycles. The van der Waals surface area contributed by atoms with Crippen molar-refractivity contribution in [1.82, 2.24) is 9.88 Å². The molecular formula is C26H29F3N6O2. The molecule has 1 saturated heterocycles. The van der Waals surface area contributed by atoms with Crippen LogP contribution >= 0.6 is 0 Å². The zero-order valence-corrected chi connectivity index (χ0v) is 20.6. The molecule has 4 N–H and O–H groups in total. The van der Waals surface area contributed by atoms with E-state index in [9.17, 15) is 18.0 Å². The van der Waals surface area contributed by atoms with E-state index in [1.165, 1.54) is 19.2 Å². The molecule has 0 spiro atoms. The number of ether oxygens (including phenoxy) is 1. The van der Waals surface area contributed by atoms with Crippen molar-refractivity contribution in [3.8, 4) is 5.75 Å². The number of carbonyl (C=O) groups excluding carboxylic acids is 1. The second-order valence-electron chi connectivity index (χ2n) is 8.79. The number of alkyl halides is 3. The molecule has 0 unspecified atom stereocenters. The fourth-order valence-electron chi connectivity index (χ4n) is 4.18. The molecule has 0 aliphatic carbocycles. The van der Waals surface area contributed by atoms with Crippen molar-refractivity contribution < 1.29 is 22.7 Å². The van der Waals surface area contributed by atoms with Gasteiger partial charge in [-0.1, -0.05) is 18.2 Å². The van der Waals surface area contributed by atoms with Gasteiger partial charge in [0.05, 0.1) is 24.0 Å². The number of carbonyl (C=O) groups is 1. The van der Waals surface area contributed by atoms with E-state index in [0.29, 0.717) is 17.0 Å². The molecule has 0 radical (unpaired) electrons. The van der Waals surface area contributed by atoms with Gasteiger partial charge in [-0.05, 0) is 30.8 Å². The van der Waals surface area contributed by atoms with Crippen LogP contribution in [0, 0.1) is 0 Å². The Bertz CT molecular complexity index is 1260. The smallest absolute Gasteiger partial charge is 0.419 e. The van der Waals surface area contributed by atoms with E-state index in [0.717, 1.165) is 38.1 Å². The number of primary amides is 1. The van der Waals surface area contributed by atoms with Crippen molar-refractivity contribution in [2.45, 2.75) is 12.7 Å². The molecule has 2 aromatic carbocycles. The Labute approximate surface area is 213 Å². The summed E-state index contributed by atoms with van der Waals surface area (Å²) >= 11 is 0. The molecule has 3 aromatic rings. The normalized spacial score (nSPS) is 14.4. The first-order valence-electron chi connectivity index (χ1n) is 11.7. The molecule has 196 valence electrons. The van der Waals surface area contributed by atoms with Crippen LogP contribution in [0.15, 0.2) is 54.7 Å². The van der Waals surface area contributed by atoms with Gasteiger partial charge in [0, 0.05) is 62.3 Å². The first-order chi connectivity index (χ1) is 17.7. The van der Waals surface area contributed by atoms with Crippen molar-refractivity contribution >= 4 is 28.8 Å². The van der Waals surface area contributed by atoms with Crippen LogP contribution in [0.1, 0.15) is 21.5 Å². The Morgan fingerprint density at radius 2 is 1.81 bits per heavy atom. The molecule has 1 aliphatic heterocycles. The Kier molecular flexibility index (Phi) is 7.72. The van der Waals surface area contributed by atoms with Crippen LogP contribution in [0.4, 0.5) is 36.1 Å². The number of piperazine rings is 1. The highest BCUT2D eigenvalue weighted by atomic mass is 19.4. The maximum absolute atomic E-state index is 13.7. The number of aromatic nitrogens is 1. The zero-order valence-electron chi connectivity index (χ0n) is 20.6. The number of halogens is 3. The van der Waals surface area contributed by atoms with Crippen molar-refractivity contribution in [2.75, 3.05) is 55.9 Å². The lowest BCUT2D eigenvalue weighted by molar-refractivity contribution is -0.137. The monoisotopic (exact) mass is 514 g/mol. The fraction of sp³-hybridized carbons (Fsp3) is 0.308. The minimum Gasteiger partial charge on any atom is -0.494 e. The van der Waals surface area contributed by atoms with Gasteiger partial charge in [0.1, 0.15) is 11.6 Å². The summed E-state index contributed by atoms with van der Waals surface area (Å²) in [4.78, 5) is 20.2. The van der Waals surface area contributed by atoms with E-state index in [4.69, 9.17) is 10.5 Å². The number of methoxy groups -OCH3 is 1. The number of rotatable bonds is 8. The van der Waals surface area contributed by atoms with E-state index in [1.54, 1.807) is 18.2 Å². The number of benzene rings is 2. The molecule has 37 heavy (non-hydrogen) atoms.